The number of carbonyl (C=O) groups excluding carboxylic acids is 1. The summed E-state index contributed by atoms with van der Waals surface area (Å²) < 4.78 is 30.4. The fourth-order valence-corrected chi connectivity index (χ4v) is 6.15. The quantitative estimate of drug-likeness (QED) is 0.445. The lowest BCUT2D eigenvalue weighted by atomic mass is 9.98. The average Bonchev–Trinajstić information content (AvgIpc) is 3.55. The van der Waals surface area contributed by atoms with Crippen molar-refractivity contribution in [1.29, 1.82) is 0 Å². The van der Waals surface area contributed by atoms with E-state index in [1.807, 2.05) is 26.2 Å². The predicted molar refractivity (Wildman–Crippen MR) is 153 cm³/mol. The fourth-order valence-electron chi connectivity index (χ4n) is 5.34. The number of carbonyl (C=O) groups is 1. The number of likely N-dealkylation sites (N-methyl/N-ethyl adjacent to an activating group) is 1. The van der Waals surface area contributed by atoms with Crippen molar-refractivity contribution >= 4 is 44.9 Å². The SMILES string of the molecule is CN[C@H]1CCN(c2nc3cc([C@@H]4CCCCN4C(=O)c4cc(Cl)ccc4NS(=O)(=O)N(C)C)nn3cc2C)C1. The smallest absolute Gasteiger partial charge is 0.301 e. The second kappa shape index (κ2) is 10.9. The number of anilines is 2. The molecule has 1 aromatic carbocycles. The molecule has 2 fully saturated rings. The number of nitrogens with one attached hydrogen (secondary N) is 2. The highest BCUT2D eigenvalue weighted by molar-refractivity contribution is 7.90. The van der Waals surface area contributed by atoms with Crippen molar-refractivity contribution in [2.75, 3.05) is 50.4 Å². The first-order chi connectivity index (χ1) is 18.6. The number of rotatable bonds is 7. The first kappa shape index (κ1) is 27.6. The summed E-state index contributed by atoms with van der Waals surface area (Å²) in [5.41, 5.74) is 2.93. The van der Waals surface area contributed by atoms with Crippen LogP contribution in [0, 0.1) is 6.92 Å². The van der Waals surface area contributed by atoms with Gasteiger partial charge >= 0.3 is 10.2 Å². The van der Waals surface area contributed by atoms with Gasteiger partial charge in [-0.05, 0) is 57.9 Å². The van der Waals surface area contributed by atoms with Crippen LogP contribution >= 0.6 is 11.6 Å². The van der Waals surface area contributed by atoms with Gasteiger partial charge < -0.3 is 15.1 Å². The Morgan fingerprint density at radius 3 is 2.67 bits per heavy atom. The number of piperidine rings is 1. The molecule has 2 saturated heterocycles. The molecule has 2 aliphatic rings. The summed E-state index contributed by atoms with van der Waals surface area (Å²) in [5, 5.41) is 8.53. The third kappa shape index (κ3) is 5.56. The maximum atomic E-state index is 13.9. The Morgan fingerprint density at radius 1 is 1.15 bits per heavy atom. The van der Waals surface area contributed by atoms with Gasteiger partial charge in [0, 0.05) is 62.6 Å². The normalized spacial score (nSPS) is 20.3. The highest BCUT2D eigenvalue weighted by Crippen LogP contribution is 2.34. The number of halogens is 1. The Kier molecular flexibility index (Phi) is 7.73. The van der Waals surface area contributed by atoms with Gasteiger partial charge in [-0.25, -0.2) is 9.50 Å². The van der Waals surface area contributed by atoms with E-state index in [1.54, 1.807) is 15.5 Å². The van der Waals surface area contributed by atoms with Crippen molar-refractivity contribution < 1.29 is 13.2 Å². The second-order valence-electron chi connectivity index (χ2n) is 10.4. The van der Waals surface area contributed by atoms with Gasteiger partial charge in [-0.2, -0.15) is 17.8 Å². The van der Waals surface area contributed by atoms with E-state index >= 15 is 0 Å². The number of hydrogen-bond donors (Lipinski definition) is 2. The molecule has 0 saturated carbocycles. The third-order valence-corrected chi connectivity index (χ3v) is 9.23. The number of amides is 1. The molecular weight excluding hydrogens is 540 g/mol. The number of hydrogen-bond acceptors (Lipinski definition) is 7. The summed E-state index contributed by atoms with van der Waals surface area (Å²) >= 11 is 6.25. The summed E-state index contributed by atoms with van der Waals surface area (Å²) in [5.74, 6) is 0.663. The van der Waals surface area contributed by atoms with Crippen molar-refractivity contribution in [1.82, 2.24) is 29.1 Å². The zero-order chi connectivity index (χ0) is 27.9. The Labute approximate surface area is 234 Å². The van der Waals surface area contributed by atoms with Gasteiger partial charge in [0.25, 0.3) is 5.91 Å². The monoisotopic (exact) mass is 574 g/mol. The summed E-state index contributed by atoms with van der Waals surface area (Å²) in [4.78, 5) is 22.9. The Bertz CT molecular complexity index is 1490. The standard InChI is InChI=1S/C26H35ClN8O3S/c1-17-15-35-24(29-25(17)33-12-10-19(16-33)28-2)14-22(30-35)23-7-5-6-11-34(23)26(36)20-13-18(27)8-9-21(20)31-39(37,38)32(3)4/h8-9,13-15,19,23,28,31H,5-7,10-12,16H2,1-4H3/t19-,23-/m0/s1. The molecule has 11 nitrogen and oxygen atoms in total. The average molecular weight is 575 g/mol. The number of benzene rings is 1. The van der Waals surface area contributed by atoms with Crippen molar-refractivity contribution in [3.63, 3.8) is 0 Å². The van der Waals surface area contributed by atoms with Gasteiger partial charge in [-0.1, -0.05) is 11.6 Å². The van der Waals surface area contributed by atoms with Gasteiger partial charge in [-0.3, -0.25) is 9.52 Å². The maximum absolute atomic E-state index is 13.9. The van der Waals surface area contributed by atoms with Crippen LogP contribution in [0.15, 0.2) is 30.5 Å². The minimum Gasteiger partial charge on any atom is -0.355 e. The van der Waals surface area contributed by atoms with E-state index in [2.05, 4.69) is 14.9 Å². The predicted octanol–water partition coefficient (Wildman–Crippen LogP) is 3.07. The molecule has 0 radical (unpaired) electrons. The Morgan fingerprint density at radius 2 is 1.95 bits per heavy atom. The number of aryl methyl sites for hydroxylation is 1. The van der Waals surface area contributed by atoms with Gasteiger partial charge in [0.05, 0.1) is 23.0 Å². The lowest BCUT2D eigenvalue weighted by molar-refractivity contribution is 0.0607. The molecule has 5 rings (SSSR count). The topological polar surface area (TPSA) is 115 Å². The Balaban J connectivity index is 1.47. The van der Waals surface area contributed by atoms with Crippen LogP contribution in [-0.4, -0.2) is 84.9 Å². The van der Waals surface area contributed by atoms with Crippen LogP contribution in [0.4, 0.5) is 11.5 Å². The van der Waals surface area contributed by atoms with Crippen molar-refractivity contribution in [3.8, 4) is 0 Å². The highest BCUT2D eigenvalue weighted by atomic mass is 35.5. The van der Waals surface area contributed by atoms with E-state index in [9.17, 15) is 13.2 Å². The summed E-state index contributed by atoms with van der Waals surface area (Å²) in [6.07, 6.45) is 5.61. The number of nitrogens with zero attached hydrogens (tertiary/aromatic N) is 6. The fraction of sp³-hybridized carbons (Fsp3) is 0.500. The molecule has 3 aromatic rings. The first-order valence-corrected chi connectivity index (χ1v) is 15.0. The van der Waals surface area contributed by atoms with Gasteiger partial charge in [0.1, 0.15) is 5.82 Å². The number of likely N-dealkylation sites (tertiary alicyclic amines) is 1. The van der Waals surface area contributed by atoms with Crippen LogP contribution in [-0.2, 0) is 10.2 Å². The lowest BCUT2D eigenvalue weighted by Gasteiger charge is -2.35. The molecule has 2 atom stereocenters. The minimum atomic E-state index is -3.82. The van der Waals surface area contributed by atoms with Crippen LogP contribution in [0.3, 0.4) is 0 Å². The van der Waals surface area contributed by atoms with E-state index in [0.717, 1.165) is 65.8 Å². The molecule has 1 amide bonds. The zero-order valence-electron chi connectivity index (χ0n) is 22.7. The molecule has 39 heavy (non-hydrogen) atoms. The molecule has 0 aliphatic carbocycles. The minimum absolute atomic E-state index is 0.185. The molecule has 0 bridgehead atoms. The van der Waals surface area contributed by atoms with Crippen LogP contribution in [0.25, 0.3) is 5.65 Å². The van der Waals surface area contributed by atoms with E-state index in [1.165, 1.54) is 26.2 Å². The van der Waals surface area contributed by atoms with E-state index in [0.29, 0.717) is 17.6 Å². The third-order valence-electron chi connectivity index (χ3n) is 7.56. The van der Waals surface area contributed by atoms with Crippen LogP contribution in [0.2, 0.25) is 5.02 Å². The summed E-state index contributed by atoms with van der Waals surface area (Å²) in [7, 11) is 1.02. The summed E-state index contributed by atoms with van der Waals surface area (Å²) in [6.45, 7) is 4.43. The molecule has 2 aliphatic heterocycles. The van der Waals surface area contributed by atoms with Crippen LogP contribution in [0.1, 0.15) is 53.3 Å². The lowest BCUT2D eigenvalue weighted by Crippen LogP contribution is -2.39. The molecule has 13 heteroatoms. The van der Waals surface area contributed by atoms with Gasteiger partial charge in [0.2, 0.25) is 0 Å². The van der Waals surface area contributed by atoms with E-state index in [-0.39, 0.29) is 23.2 Å². The first-order valence-electron chi connectivity index (χ1n) is 13.2. The molecule has 2 aromatic heterocycles. The highest BCUT2D eigenvalue weighted by Gasteiger charge is 2.33. The zero-order valence-corrected chi connectivity index (χ0v) is 24.3. The number of fused-ring (bicyclic) bond motifs is 1. The second-order valence-corrected chi connectivity index (χ2v) is 12.8. The number of aromatic nitrogens is 3. The van der Waals surface area contributed by atoms with Gasteiger partial charge in [-0.15, -0.1) is 0 Å². The van der Waals surface area contributed by atoms with Crippen LogP contribution in [0.5, 0.6) is 0 Å². The molecule has 0 spiro atoms. The van der Waals surface area contributed by atoms with E-state index in [4.69, 9.17) is 21.7 Å². The Hall–Kier alpha value is -2.93. The summed E-state index contributed by atoms with van der Waals surface area (Å²) in [6, 6.07) is 6.73. The molecule has 2 N–H and O–H groups in total. The van der Waals surface area contributed by atoms with Crippen molar-refractivity contribution in [2.24, 2.45) is 0 Å². The van der Waals surface area contributed by atoms with Crippen molar-refractivity contribution in [2.45, 2.75) is 44.7 Å². The maximum Gasteiger partial charge on any atom is 0.301 e. The van der Waals surface area contributed by atoms with Crippen LogP contribution < -0.4 is 14.9 Å². The van der Waals surface area contributed by atoms with E-state index < -0.39 is 10.2 Å². The van der Waals surface area contributed by atoms with Crippen molar-refractivity contribution in [3.05, 3.63) is 52.3 Å². The molecule has 0 unspecified atom stereocenters. The van der Waals surface area contributed by atoms with Gasteiger partial charge in [0.15, 0.2) is 5.65 Å². The molecule has 4 heterocycles. The molecular formula is C26H35ClN8O3S. The largest absolute Gasteiger partial charge is 0.355 e. The molecule has 210 valence electrons.